The van der Waals surface area contributed by atoms with Gasteiger partial charge in [-0.2, -0.15) is 8.42 Å². The van der Waals surface area contributed by atoms with Crippen molar-refractivity contribution in [1.29, 1.82) is 0 Å². The van der Waals surface area contributed by atoms with Crippen LogP contribution in [-0.4, -0.2) is 59.6 Å². The van der Waals surface area contributed by atoms with Crippen LogP contribution >= 0.6 is 15.9 Å². The zero-order valence-electron chi connectivity index (χ0n) is 12.3. The largest absolute Gasteiger partial charge is 0.455 e. The van der Waals surface area contributed by atoms with Crippen LogP contribution in [0.25, 0.3) is 0 Å². The van der Waals surface area contributed by atoms with E-state index in [0.717, 1.165) is 20.8 Å². The van der Waals surface area contributed by atoms with Gasteiger partial charge in [-0.15, -0.1) is 0 Å². The fraction of sp³-hybridized carbons (Fsp3) is 0.727. The summed E-state index contributed by atoms with van der Waals surface area (Å²) in [7, 11) is -4.84. The quantitative estimate of drug-likeness (QED) is 0.280. The molecule has 0 spiro atoms. The van der Waals surface area contributed by atoms with Crippen LogP contribution in [0.2, 0.25) is 0 Å². The van der Waals surface area contributed by atoms with Gasteiger partial charge in [-0.25, -0.2) is 0 Å². The maximum absolute atomic E-state index is 11.5. The average Bonchev–Trinajstić information content (AvgIpc) is 2.33. The van der Waals surface area contributed by atoms with Crippen molar-refractivity contribution in [3.05, 3.63) is 0 Å². The maximum atomic E-state index is 11.5. The second-order valence-corrected chi connectivity index (χ2v) is 6.99. The summed E-state index contributed by atoms with van der Waals surface area (Å²) in [5, 5.41) is -1.24. The van der Waals surface area contributed by atoms with Gasteiger partial charge in [-0.3, -0.25) is 18.9 Å². The first-order valence-corrected chi connectivity index (χ1v) is 8.63. The number of hydrogen-bond donors (Lipinski definition) is 1. The Bertz CT molecular complexity index is 588. The topological polar surface area (TPSA) is 143 Å². The van der Waals surface area contributed by atoms with E-state index in [1.54, 1.807) is 0 Å². The molecule has 1 heterocycles. The Balaban J connectivity index is 3.30. The Labute approximate surface area is 140 Å². The Morgan fingerprint density at radius 2 is 1.30 bits per heavy atom. The van der Waals surface area contributed by atoms with Gasteiger partial charge in [0.25, 0.3) is 10.1 Å². The van der Waals surface area contributed by atoms with Crippen molar-refractivity contribution >= 4 is 44.0 Å². The monoisotopic (exact) mass is 418 g/mol. The lowest BCUT2D eigenvalue weighted by molar-refractivity contribution is -0.219. The van der Waals surface area contributed by atoms with E-state index in [1.807, 2.05) is 0 Å². The molecule has 132 valence electrons. The first-order chi connectivity index (χ1) is 10.4. The zero-order valence-corrected chi connectivity index (χ0v) is 14.7. The highest BCUT2D eigenvalue weighted by Gasteiger charge is 2.55. The smallest absolute Gasteiger partial charge is 0.303 e. The number of rotatable bonds is 4. The number of esters is 3. The molecule has 0 saturated carbocycles. The lowest BCUT2D eigenvalue weighted by Gasteiger charge is -2.41. The number of halogens is 1. The lowest BCUT2D eigenvalue weighted by atomic mass is 10.1. The molecule has 12 heteroatoms. The van der Waals surface area contributed by atoms with Crippen LogP contribution in [0, 0.1) is 0 Å². The van der Waals surface area contributed by atoms with E-state index in [9.17, 15) is 27.4 Å². The third-order valence-corrected chi connectivity index (χ3v) is 4.34. The van der Waals surface area contributed by atoms with Gasteiger partial charge in [0.05, 0.1) is 0 Å². The number of carbonyl (C=O) groups excluding carboxylic acids is 3. The molecule has 0 amide bonds. The standard InChI is InChI=1S/C11H15BrO10S/c1-4(13)19-7-8(20-5(2)14)10(12)22-11(23(16,17)18)9(7)21-6(3)15/h7-11H,1-3H3,(H,16,17,18)/t7-,8-,9+,10?,11?/m1/s1. The second kappa shape index (κ2) is 7.55. The van der Waals surface area contributed by atoms with Crippen molar-refractivity contribution in [3.8, 4) is 0 Å². The van der Waals surface area contributed by atoms with Crippen LogP contribution in [0.15, 0.2) is 0 Å². The third kappa shape index (κ3) is 5.41. The van der Waals surface area contributed by atoms with E-state index in [1.165, 1.54) is 0 Å². The van der Waals surface area contributed by atoms with Crippen molar-refractivity contribution in [2.75, 3.05) is 0 Å². The highest BCUT2D eigenvalue weighted by molar-refractivity contribution is 9.09. The van der Waals surface area contributed by atoms with Crippen molar-refractivity contribution in [1.82, 2.24) is 0 Å². The number of carbonyl (C=O) groups is 3. The minimum Gasteiger partial charge on any atom is -0.455 e. The summed E-state index contributed by atoms with van der Waals surface area (Å²) in [6, 6.07) is 0. The molecule has 1 N–H and O–H groups in total. The molecule has 2 unspecified atom stereocenters. The van der Waals surface area contributed by atoms with Gasteiger partial charge in [0.2, 0.25) is 5.44 Å². The molecule has 1 saturated heterocycles. The first-order valence-electron chi connectivity index (χ1n) is 6.21. The summed E-state index contributed by atoms with van der Waals surface area (Å²) in [5.41, 5.74) is -2.04. The van der Waals surface area contributed by atoms with Crippen LogP contribution in [0.3, 0.4) is 0 Å². The van der Waals surface area contributed by atoms with Gasteiger partial charge in [-0.05, 0) is 0 Å². The van der Waals surface area contributed by atoms with E-state index in [4.69, 9.17) is 18.9 Å². The van der Waals surface area contributed by atoms with Gasteiger partial charge >= 0.3 is 17.9 Å². The van der Waals surface area contributed by atoms with E-state index in [-0.39, 0.29) is 0 Å². The Kier molecular flexibility index (Phi) is 6.50. The SMILES string of the molecule is CC(=O)O[C@H]1[C@H](OC(C)=O)C(S(=O)(=O)O)OC(Br)[C@@H]1OC(C)=O. The zero-order chi connectivity index (χ0) is 17.9. The summed E-state index contributed by atoms with van der Waals surface area (Å²) in [4.78, 5) is 33.7. The van der Waals surface area contributed by atoms with Crippen LogP contribution in [0.1, 0.15) is 20.8 Å². The summed E-state index contributed by atoms with van der Waals surface area (Å²) >= 11 is 2.93. The van der Waals surface area contributed by atoms with E-state index < -0.39 is 56.8 Å². The summed E-state index contributed by atoms with van der Waals surface area (Å²) in [5.74, 6) is -2.54. The van der Waals surface area contributed by atoms with E-state index in [2.05, 4.69) is 15.9 Å². The molecular weight excluding hydrogens is 404 g/mol. The fourth-order valence-electron chi connectivity index (χ4n) is 1.97. The van der Waals surface area contributed by atoms with Crippen molar-refractivity contribution in [2.45, 2.75) is 49.5 Å². The molecule has 0 bridgehead atoms. The van der Waals surface area contributed by atoms with E-state index in [0.29, 0.717) is 0 Å². The molecule has 0 aromatic heterocycles. The number of alkyl halides is 1. The minimum atomic E-state index is -4.84. The molecule has 0 aromatic carbocycles. The Morgan fingerprint density at radius 1 is 0.913 bits per heavy atom. The molecule has 23 heavy (non-hydrogen) atoms. The molecule has 1 aliphatic rings. The second-order valence-electron chi connectivity index (χ2n) is 4.59. The van der Waals surface area contributed by atoms with Gasteiger partial charge in [-0.1, -0.05) is 15.9 Å². The predicted octanol–water partition coefficient (Wildman–Crippen LogP) is -0.253. The molecule has 10 nitrogen and oxygen atoms in total. The van der Waals surface area contributed by atoms with Gasteiger partial charge in [0.15, 0.2) is 23.3 Å². The van der Waals surface area contributed by atoms with Crippen LogP contribution in [0.5, 0.6) is 0 Å². The van der Waals surface area contributed by atoms with Gasteiger partial charge < -0.3 is 18.9 Å². The summed E-state index contributed by atoms with van der Waals surface area (Å²) in [6.07, 6.45) is -4.55. The number of hydrogen-bond acceptors (Lipinski definition) is 9. The molecule has 1 rings (SSSR count). The normalized spacial score (nSPS) is 31.1. The highest BCUT2D eigenvalue weighted by Crippen LogP contribution is 2.33. The minimum absolute atomic E-state index is 0.771. The average molecular weight is 419 g/mol. The molecule has 0 aromatic rings. The van der Waals surface area contributed by atoms with E-state index >= 15 is 0 Å². The molecular formula is C11H15BrO10S. The highest BCUT2D eigenvalue weighted by atomic mass is 79.9. The Hall–Kier alpha value is -1.24. The Morgan fingerprint density at radius 3 is 1.70 bits per heavy atom. The molecule has 1 aliphatic heterocycles. The van der Waals surface area contributed by atoms with Crippen LogP contribution in [0.4, 0.5) is 0 Å². The van der Waals surface area contributed by atoms with Crippen LogP contribution < -0.4 is 0 Å². The first kappa shape index (κ1) is 19.8. The number of ether oxygens (including phenoxy) is 4. The third-order valence-electron chi connectivity index (χ3n) is 2.64. The summed E-state index contributed by atoms with van der Waals surface area (Å²) in [6.45, 7) is 3.07. The fourth-order valence-corrected chi connectivity index (χ4v) is 3.56. The van der Waals surface area contributed by atoms with Crippen molar-refractivity contribution < 1.29 is 46.3 Å². The van der Waals surface area contributed by atoms with Crippen LogP contribution in [-0.2, 0) is 43.4 Å². The predicted molar refractivity (Wildman–Crippen MR) is 75.8 cm³/mol. The maximum Gasteiger partial charge on any atom is 0.303 e. The molecule has 5 atom stereocenters. The molecule has 0 radical (unpaired) electrons. The van der Waals surface area contributed by atoms with Gasteiger partial charge in [0, 0.05) is 20.8 Å². The summed E-state index contributed by atoms with van der Waals surface area (Å²) < 4.78 is 51.9. The molecule has 0 aliphatic carbocycles. The van der Waals surface area contributed by atoms with Gasteiger partial charge in [0.1, 0.15) is 0 Å². The van der Waals surface area contributed by atoms with Crippen molar-refractivity contribution in [3.63, 3.8) is 0 Å². The van der Waals surface area contributed by atoms with Crippen molar-refractivity contribution in [2.24, 2.45) is 0 Å². The lowest BCUT2D eigenvalue weighted by Crippen LogP contribution is -2.61. The molecule has 1 fully saturated rings.